The van der Waals surface area contributed by atoms with Gasteiger partial charge in [0.05, 0.1) is 11.1 Å². The normalized spacial score (nSPS) is 27.5. The molecule has 1 aromatic carbocycles. The largest absolute Gasteiger partial charge is 0.463 e. The molecule has 0 spiro atoms. The molecular formula is C20H20FNO9. The lowest BCUT2D eigenvalue weighted by molar-refractivity contribution is -0.253. The second kappa shape index (κ2) is 8.80. The van der Waals surface area contributed by atoms with Gasteiger partial charge >= 0.3 is 17.9 Å². The summed E-state index contributed by atoms with van der Waals surface area (Å²) in [6.45, 7) is 2.70. The van der Waals surface area contributed by atoms with Crippen molar-refractivity contribution in [3.8, 4) is 0 Å². The van der Waals surface area contributed by atoms with Crippen LogP contribution in [-0.2, 0) is 33.3 Å². The minimum absolute atomic E-state index is 0.0485. The molecule has 0 N–H and O–H groups in total. The van der Waals surface area contributed by atoms with Gasteiger partial charge in [0, 0.05) is 20.8 Å². The van der Waals surface area contributed by atoms with E-state index in [0.717, 1.165) is 20.8 Å². The summed E-state index contributed by atoms with van der Waals surface area (Å²) < 4.78 is 35.7. The molecule has 5 atom stereocenters. The number of fused-ring (bicyclic) bond motifs is 1. The highest BCUT2D eigenvalue weighted by Gasteiger charge is 2.57. The number of esters is 3. The number of hydrogen-bond acceptors (Lipinski definition) is 9. The van der Waals surface area contributed by atoms with Crippen molar-refractivity contribution in [1.29, 1.82) is 0 Å². The van der Waals surface area contributed by atoms with Gasteiger partial charge in [-0.05, 0) is 12.1 Å². The quantitative estimate of drug-likeness (QED) is 0.373. The Hall–Kier alpha value is -3.34. The van der Waals surface area contributed by atoms with Gasteiger partial charge in [0.2, 0.25) is 6.36 Å². The standard InChI is InChI=1S/C20H20FNO9/c1-9(23)28-8-14-16(29-10(2)24)17(30-11(3)25)15(18(21)31-14)22-19(26)12-6-4-5-7-13(12)20(22)27/h4-7,14-18H,8H2,1-3H3/t14?,15?,16-,17?,18-/m0/s1. The minimum Gasteiger partial charge on any atom is -0.463 e. The highest BCUT2D eigenvalue weighted by atomic mass is 19.1. The fourth-order valence-corrected chi connectivity index (χ4v) is 3.62. The molecule has 1 saturated heterocycles. The smallest absolute Gasteiger partial charge is 0.303 e. The summed E-state index contributed by atoms with van der Waals surface area (Å²) in [5, 5.41) is 0. The first-order valence-electron chi connectivity index (χ1n) is 9.36. The first-order chi connectivity index (χ1) is 14.6. The van der Waals surface area contributed by atoms with E-state index in [2.05, 4.69) is 0 Å². The SMILES string of the molecule is CC(=O)OCC1O[C@H](F)C(N2C(=O)c3ccccc3C2=O)C(OC(C)=O)[C@H]1OC(C)=O. The van der Waals surface area contributed by atoms with E-state index in [1.54, 1.807) is 0 Å². The maximum absolute atomic E-state index is 15.2. The van der Waals surface area contributed by atoms with Crippen molar-refractivity contribution in [2.45, 2.75) is 51.5 Å². The summed E-state index contributed by atoms with van der Waals surface area (Å²) >= 11 is 0. The Kier molecular flexibility index (Phi) is 6.34. The lowest BCUT2D eigenvalue weighted by Gasteiger charge is -2.44. The molecule has 2 heterocycles. The van der Waals surface area contributed by atoms with E-state index in [9.17, 15) is 24.0 Å². The van der Waals surface area contributed by atoms with Gasteiger partial charge in [0.15, 0.2) is 12.2 Å². The average Bonchev–Trinajstić information content (AvgIpc) is 2.93. The van der Waals surface area contributed by atoms with Crippen LogP contribution in [0.4, 0.5) is 4.39 Å². The van der Waals surface area contributed by atoms with Crippen molar-refractivity contribution in [2.75, 3.05) is 6.61 Å². The predicted octanol–water partition coefficient (Wildman–Crippen LogP) is 0.772. The van der Waals surface area contributed by atoms with Crippen LogP contribution in [0.5, 0.6) is 0 Å². The number of amides is 2. The van der Waals surface area contributed by atoms with Crippen LogP contribution in [0.25, 0.3) is 0 Å². The average molecular weight is 437 g/mol. The molecule has 11 heteroatoms. The second-order valence-corrected chi connectivity index (χ2v) is 6.99. The van der Waals surface area contributed by atoms with Crippen LogP contribution in [0.1, 0.15) is 41.5 Å². The van der Waals surface area contributed by atoms with E-state index >= 15 is 4.39 Å². The molecule has 0 aromatic heterocycles. The van der Waals surface area contributed by atoms with E-state index in [1.807, 2.05) is 0 Å². The van der Waals surface area contributed by atoms with Crippen molar-refractivity contribution >= 4 is 29.7 Å². The Morgan fingerprint density at radius 1 is 0.935 bits per heavy atom. The molecule has 10 nitrogen and oxygen atoms in total. The minimum atomic E-state index is -2.32. The Morgan fingerprint density at radius 3 is 1.94 bits per heavy atom. The molecule has 3 unspecified atom stereocenters. The van der Waals surface area contributed by atoms with Crippen LogP contribution in [0.3, 0.4) is 0 Å². The van der Waals surface area contributed by atoms with Gasteiger partial charge in [-0.2, -0.15) is 0 Å². The molecule has 3 rings (SSSR count). The molecule has 0 aliphatic carbocycles. The van der Waals surface area contributed by atoms with E-state index < -0.39 is 67.0 Å². The Balaban J connectivity index is 2.01. The molecule has 166 valence electrons. The highest BCUT2D eigenvalue weighted by Crippen LogP contribution is 2.35. The van der Waals surface area contributed by atoms with Crippen LogP contribution in [0, 0.1) is 0 Å². The third-order valence-corrected chi connectivity index (χ3v) is 4.78. The maximum atomic E-state index is 15.2. The number of carbonyl (C=O) groups excluding carboxylic acids is 5. The van der Waals surface area contributed by atoms with Crippen LogP contribution < -0.4 is 0 Å². The van der Waals surface area contributed by atoms with Crippen LogP contribution in [-0.4, -0.2) is 71.9 Å². The van der Waals surface area contributed by atoms with Crippen LogP contribution in [0.2, 0.25) is 0 Å². The third-order valence-electron chi connectivity index (χ3n) is 4.78. The topological polar surface area (TPSA) is 126 Å². The van der Waals surface area contributed by atoms with Gasteiger partial charge in [-0.25, -0.2) is 4.39 Å². The fourth-order valence-electron chi connectivity index (χ4n) is 3.62. The Labute approximate surface area is 176 Å². The van der Waals surface area contributed by atoms with Crippen molar-refractivity contribution in [3.05, 3.63) is 35.4 Å². The lowest BCUT2D eigenvalue weighted by Crippen LogP contribution is -2.66. The first-order valence-corrected chi connectivity index (χ1v) is 9.36. The number of alkyl halides is 1. The number of ether oxygens (including phenoxy) is 4. The van der Waals surface area contributed by atoms with E-state index in [4.69, 9.17) is 18.9 Å². The molecule has 2 aliphatic heterocycles. The first kappa shape index (κ1) is 22.3. The van der Waals surface area contributed by atoms with Crippen molar-refractivity contribution < 1.29 is 47.3 Å². The molecule has 1 aromatic rings. The summed E-state index contributed by atoms with van der Waals surface area (Å²) in [6, 6.07) is 4.14. The fraction of sp³-hybridized carbons (Fsp3) is 0.450. The molecular weight excluding hydrogens is 417 g/mol. The lowest BCUT2D eigenvalue weighted by atomic mass is 9.95. The number of carbonyl (C=O) groups is 5. The Morgan fingerprint density at radius 2 is 1.45 bits per heavy atom. The second-order valence-electron chi connectivity index (χ2n) is 6.99. The maximum Gasteiger partial charge on any atom is 0.303 e. The predicted molar refractivity (Wildman–Crippen MR) is 98.2 cm³/mol. The van der Waals surface area contributed by atoms with Crippen molar-refractivity contribution in [1.82, 2.24) is 4.90 Å². The van der Waals surface area contributed by atoms with Crippen LogP contribution in [0.15, 0.2) is 24.3 Å². The zero-order chi connectivity index (χ0) is 22.9. The van der Waals surface area contributed by atoms with E-state index in [1.165, 1.54) is 24.3 Å². The number of imide groups is 1. The third kappa shape index (κ3) is 4.41. The summed E-state index contributed by atoms with van der Waals surface area (Å²) in [5.41, 5.74) is 0.0969. The highest BCUT2D eigenvalue weighted by molar-refractivity contribution is 6.21. The number of rotatable bonds is 5. The van der Waals surface area contributed by atoms with Gasteiger partial charge in [-0.1, -0.05) is 12.1 Å². The van der Waals surface area contributed by atoms with Gasteiger partial charge in [-0.15, -0.1) is 0 Å². The molecule has 0 bridgehead atoms. The molecule has 2 aliphatic rings. The summed E-state index contributed by atoms with van der Waals surface area (Å²) in [6.07, 6.45) is -6.73. The number of hydrogen-bond donors (Lipinski definition) is 0. The van der Waals surface area contributed by atoms with Gasteiger partial charge in [0.25, 0.3) is 11.8 Å². The zero-order valence-corrected chi connectivity index (χ0v) is 16.9. The summed E-state index contributed by atoms with van der Waals surface area (Å²) in [7, 11) is 0. The van der Waals surface area contributed by atoms with Gasteiger partial charge < -0.3 is 18.9 Å². The van der Waals surface area contributed by atoms with Gasteiger partial charge in [0.1, 0.15) is 18.8 Å². The van der Waals surface area contributed by atoms with Crippen LogP contribution >= 0.6 is 0 Å². The Bertz CT molecular complexity index is 898. The molecule has 1 fully saturated rings. The monoisotopic (exact) mass is 437 g/mol. The van der Waals surface area contributed by atoms with Crippen molar-refractivity contribution in [3.63, 3.8) is 0 Å². The number of benzene rings is 1. The van der Waals surface area contributed by atoms with E-state index in [-0.39, 0.29) is 11.1 Å². The summed E-state index contributed by atoms with van der Waals surface area (Å²) in [4.78, 5) is 61.0. The molecule has 31 heavy (non-hydrogen) atoms. The summed E-state index contributed by atoms with van der Waals surface area (Å²) in [5.74, 6) is -4.02. The van der Waals surface area contributed by atoms with E-state index in [0.29, 0.717) is 4.90 Å². The zero-order valence-electron chi connectivity index (χ0n) is 16.9. The number of halogens is 1. The molecule has 2 amide bonds. The number of nitrogens with zero attached hydrogens (tertiary/aromatic N) is 1. The molecule has 0 saturated carbocycles. The molecule has 0 radical (unpaired) electrons. The van der Waals surface area contributed by atoms with Crippen molar-refractivity contribution in [2.24, 2.45) is 0 Å². The van der Waals surface area contributed by atoms with Gasteiger partial charge in [-0.3, -0.25) is 28.9 Å².